The Labute approximate surface area is 120 Å². The van der Waals surface area contributed by atoms with Crippen LogP contribution in [-0.4, -0.2) is 36.9 Å². The number of carbonyl (C=O) groups excluding carboxylic acids is 1. The van der Waals surface area contributed by atoms with E-state index in [4.69, 9.17) is 5.73 Å². The van der Waals surface area contributed by atoms with Crippen molar-refractivity contribution < 1.29 is 4.79 Å². The zero-order valence-corrected chi connectivity index (χ0v) is 12.0. The third kappa shape index (κ3) is 4.49. The number of nitrogens with zero attached hydrogens (tertiary/aromatic N) is 2. The van der Waals surface area contributed by atoms with Crippen molar-refractivity contribution in [3.8, 4) is 0 Å². The van der Waals surface area contributed by atoms with Crippen LogP contribution in [0.4, 0.5) is 11.5 Å². The molecule has 5 nitrogen and oxygen atoms in total. The van der Waals surface area contributed by atoms with E-state index in [2.05, 4.69) is 21.3 Å². The minimum Gasteiger partial charge on any atom is -0.384 e. The largest absolute Gasteiger partial charge is 0.384 e. The maximum atomic E-state index is 11.2. The summed E-state index contributed by atoms with van der Waals surface area (Å²) < 4.78 is 0. The molecule has 0 aliphatic carbocycles. The van der Waals surface area contributed by atoms with Crippen LogP contribution in [-0.2, 0) is 4.79 Å². The lowest BCUT2D eigenvalue weighted by atomic mass is 10.1. The first-order chi connectivity index (χ1) is 9.79. The second kappa shape index (κ2) is 7.85. The first-order valence-electron chi connectivity index (χ1n) is 7.46. The van der Waals surface area contributed by atoms with Crippen molar-refractivity contribution in [3.63, 3.8) is 0 Å². The standard InChI is InChI=1S/C15H24N4O/c16-8-2-1-3-9-17-13-4-5-15(18-12-13)19-10-6-14(20)7-11-19/h4-5,12,17H,1-3,6-11,16H2. The van der Waals surface area contributed by atoms with E-state index in [-0.39, 0.29) is 0 Å². The molecule has 2 heterocycles. The highest BCUT2D eigenvalue weighted by Gasteiger charge is 2.16. The molecule has 0 bridgehead atoms. The first kappa shape index (κ1) is 14.8. The number of unbranched alkanes of at least 4 members (excludes halogenated alkanes) is 2. The van der Waals surface area contributed by atoms with Crippen molar-refractivity contribution in [3.05, 3.63) is 18.3 Å². The average Bonchev–Trinajstić information content (AvgIpc) is 2.49. The highest BCUT2D eigenvalue weighted by atomic mass is 16.1. The maximum Gasteiger partial charge on any atom is 0.136 e. The Morgan fingerprint density at radius 2 is 2.00 bits per heavy atom. The van der Waals surface area contributed by atoms with Crippen LogP contribution in [0.3, 0.4) is 0 Å². The van der Waals surface area contributed by atoms with Gasteiger partial charge in [-0.05, 0) is 31.5 Å². The third-order valence-corrected chi connectivity index (χ3v) is 3.60. The van der Waals surface area contributed by atoms with Gasteiger partial charge in [0.2, 0.25) is 0 Å². The molecular weight excluding hydrogens is 252 g/mol. The Bertz CT molecular complexity index is 408. The van der Waals surface area contributed by atoms with Gasteiger partial charge in [0, 0.05) is 32.5 Å². The fraction of sp³-hybridized carbons (Fsp3) is 0.600. The van der Waals surface area contributed by atoms with Gasteiger partial charge in [-0.2, -0.15) is 0 Å². The van der Waals surface area contributed by atoms with Crippen LogP contribution in [0.5, 0.6) is 0 Å². The lowest BCUT2D eigenvalue weighted by Gasteiger charge is -2.27. The van der Waals surface area contributed by atoms with Crippen molar-refractivity contribution in [1.82, 2.24) is 4.98 Å². The number of hydrogen-bond donors (Lipinski definition) is 2. The lowest BCUT2D eigenvalue weighted by molar-refractivity contribution is -0.119. The van der Waals surface area contributed by atoms with Crippen molar-refractivity contribution in [2.75, 3.05) is 36.4 Å². The van der Waals surface area contributed by atoms with Gasteiger partial charge >= 0.3 is 0 Å². The number of nitrogens with one attached hydrogen (secondary N) is 1. The molecule has 5 heteroatoms. The molecule has 1 saturated heterocycles. The zero-order chi connectivity index (χ0) is 14.2. The van der Waals surface area contributed by atoms with Gasteiger partial charge in [0.05, 0.1) is 11.9 Å². The predicted octanol–water partition coefficient (Wildman–Crippen LogP) is 1.79. The number of nitrogens with two attached hydrogens (primary N) is 1. The van der Waals surface area contributed by atoms with Crippen molar-refractivity contribution >= 4 is 17.3 Å². The lowest BCUT2D eigenvalue weighted by Crippen LogP contribution is -2.34. The van der Waals surface area contributed by atoms with E-state index in [9.17, 15) is 4.79 Å². The van der Waals surface area contributed by atoms with Gasteiger partial charge in [0.25, 0.3) is 0 Å². The SMILES string of the molecule is NCCCCCNc1ccc(N2CCC(=O)CC2)nc1. The molecular formula is C15H24N4O. The summed E-state index contributed by atoms with van der Waals surface area (Å²) >= 11 is 0. The number of carbonyl (C=O) groups is 1. The quantitative estimate of drug-likeness (QED) is 0.743. The van der Waals surface area contributed by atoms with Crippen LogP contribution in [0.25, 0.3) is 0 Å². The molecule has 2 rings (SSSR count). The van der Waals surface area contributed by atoms with E-state index in [0.29, 0.717) is 18.6 Å². The molecule has 1 aromatic heterocycles. The van der Waals surface area contributed by atoms with Crippen LogP contribution in [0.1, 0.15) is 32.1 Å². The van der Waals surface area contributed by atoms with Crippen LogP contribution in [0, 0.1) is 0 Å². The number of ketones is 1. The number of aromatic nitrogens is 1. The summed E-state index contributed by atoms with van der Waals surface area (Å²) in [6.45, 7) is 3.31. The van der Waals surface area contributed by atoms with Crippen LogP contribution >= 0.6 is 0 Å². The predicted molar refractivity (Wildman–Crippen MR) is 82.1 cm³/mol. The highest BCUT2D eigenvalue weighted by molar-refractivity contribution is 5.80. The fourth-order valence-electron chi connectivity index (χ4n) is 2.34. The van der Waals surface area contributed by atoms with Crippen molar-refractivity contribution in [1.29, 1.82) is 0 Å². The summed E-state index contributed by atoms with van der Waals surface area (Å²) in [4.78, 5) is 17.9. The molecule has 0 radical (unpaired) electrons. The van der Waals surface area contributed by atoms with Crippen LogP contribution < -0.4 is 16.0 Å². The van der Waals surface area contributed by atoms with E-state index in [1.807, 2.05) is 12.3 Å². The molecule has 1 fully saturated rings. The molecule has 0 atom stereocenters. The number of rotatable bonds is 7. The summed E-state index contributed by atoms with van der Waals surface area (Å²) in [6, 6.07) is 4.08. The summed E-state index contributed by atoms with van der Waals surface area (Å²) in [5.74, 6) is 1.32. The van der Waals surface area contributed by atoms with Gasteiger partial charge in [0.1, 0.15) is 11.6 Å². The Hall–Kier alpha value is -1.62. The number of pyridine rings is 1. The minimum atomic E-state index is 0.358. The van der Waals surface area contributed by atoms with E-state index in [0.717, 1.165) is 56.9 Å². The molecule has 0 unspecified atom stereocenters. The molecule has 0 saturated carbocycles. The molecule has 1 aliphatic rings. The molecule has 3 N–H and O–H groups in total. The van der Waals surface area contributed by atoms with E-state index in [1.54, 1.807) is 0 Å². The van der Waals surface area contributed by atoms with E-state index >= 15 is 0 Å². The summed E-state index contributed by atoms with van der Waals surface area (Å²) in [5, 5.41) is 3.36. The number of anilines is 2. The maximum absolute atomic E-state index is 11.2. The molecule has 0 aromatic carbocycles. The van der Waals surface area contributed by atoms with Crippen LogP contribution in [0.2, 0.25) is 0 Å². The monoisotopic (exact) mass is 276 g/mol. The van der Waals surface area contributed by atoms with Gasteiger partial charge < -0.3 is 16.0 Å². The minimum absolute atomic E-state index is 0.358. The normalized spacial score (nSPS) is 15.4. The molecule has 0 spiro atoms. The van der Waals surface area contributed by atoms with E-state index in [1.165, 1.54) is 0 Å². The van der Waals surface area contributed by atoms with Gasteiger partial charge in [-0.15, -0.1) is 0 Å². The van der Waals surface area contributed by atoms with E-state index < -0.39 is 0 Å². The zero-order valence-electron chi connectivity index (χ0n) is 12.0. The third-order valence-electron chi connectivity index (χ3n) is 3.60. The Morgan fingerprint density at radius 1 is 1.20 bits per heavy atom. The Kier molecular flexibility index (Phi) is 5.80. The van der Waals surface area contributed by atoms with Gasteiger partial charge in [-0.1, -0.05) is 6.42 Å². The van der Waals surface area contributed by atoms with Crippen molar-refractivity contribution in [2.45, 2.75) is 32.1 Å². The number of hydrogen-bond acceptors (Lipinski definition) is 5. The van der Waals surface area contributed by atoms with Gasteiger partial charge in [-0.25, -0.2) is 4.98 Å². The van der Waals surface area contributed by atoms with Gasteiger partial charge in [0.15, 0.2) is 0 Å². The summed E-state index contributed by atoms with van der Waals surface area (Å²) in [5.41, 5.74) is 6.51. The molecule has 0 amide bonds. The first-order valence-corrected chi connectivity index (χ1v) is 7.46. The van der Waals surface area contributed by atoms with Gasteiger partial charge in [-0.3, -0.25) is 4.79 Å². The smallest absolute Gasteiger partial charge is 0.136 e. The Balaban J connectivity index is 1.76. The molecule has 110 valence electrons. The molecule has 1 aromatic rings. The summed E-state index contributed by atoms with van der Waals surface area (Å²) in [7, 11) is 0. The second-order valence-electron chi connectivity index (χ2n) is 5.21. The number of piperidine rings is 1. The fourth-order valence-corrected chi connectivity index (χ4v) is 2.34. The van der Waals surface area contributed by atoms with Crippen molar-refractivity contribution in [2.24, 2.45) is 5.73 Å². The average molecular weight is 276 g/mol. The highest BCUT2D eigenvalue weighted by Crippen LogP contribution is 2.17. The number of Topliss-reactive ketones (excluding diaryl/α,β-unsaturated/α-hetero) is 1. The Morgan fingerprint density at radius 3 is 2.65 bits per heavy atom. The topological polar surface area (TPSA) is 71.2 Å². The van der Waals surface area contributed by atoms with Crippen LogP contribution in [0.15, 0.2) is 18.3 Å². The molecule has 20 heavy (non-hydrogen) atoms. The summed E-state index contributed by atoms with van der Waals surface area (Å²) in [6.07, 6.45) is 6.54. The molecule has 1 aliphatic heterocycles. The second-order valence-corrected chi connectivity index (χ2v) is 5.21.